The van der Waals surface area contributed by atoms with E-state index in [2.05, 4.69) is 16.2 Å². The maximum absolute atomic E-state index is 11.9. The molecule has 0 spiro atoms. The molecule has 0 bridgehead atoms. The molecule has 8 nitrogen and oxygen atoms in total. The van der Waals surface area contributed by atoms with Gasteiger partial charge in [0.05, 0.1) is 11.6 Å². The number of hydrogen-bond donors (Lipinski definition) is 3. The quantitative estimate of drug-likeness (QED) is 0.609. The van der Waals surface area contributed by atoms with Crippen molar-refractivity contribution in [3.05, 3.63) is 64.7 Å². The second-order valence-corrected chi connectivity index (χ2v) is 5.97. The minimum Gasteiger partial charge on any atom is -0.484 e. The third-order valence-electron chi connectivity index (χ3n) is 3.44. The van der Waals surface area contributed by atoms with Gasteiger partial charge in [0.2, 0.25) is 5.91 Å². The molecule has 144 valence electrons. The monoisotopic (exact) mass is 400 g/mol. The van der Waals surface area contributed by atoms with Crippen LogP contribution in [0, 0.1) is 11.3 Å². The normalized spacial score (nSPS) is 9.71. The molecular formula is C19H17ClN4O4. The number of nitrogens with zero attached hydrogens (tertiary/aromatic N) is 1. The van der Waals surface area contributed by atoms with Crippen molar-refractivity contribution >= 4 is 29.3 Å². The van der Waals surface area contributed by atoms with Gasteiger partial charge in [-0.1, -0.05) is 11.6 Å². The molecule has 0 saturated carbocycles. The van der Waals surface area contributed by atoms with Crippen LogP contribution in [0.25, 0.3) is 0 Å². The van der Waals surface area contributed by atoms with Crippen molar-refractivity contribution < 1.29 is 19.1 Å². The molecule has 0 atom stereocenters. The molecule has 0 heterocycles. The van der Waals surface area contributed by atoms with Gasteiger partial charge < -0.3 is 10.1 Å². The molecule has 0 aliphatic heterocycles. The number of rotatable bonds is 7. The van der Waals surface area contributed by atoms with Gasteiger partial charge in [-0.2, -0.15) is 5.26 Å². The summed E-state index contributed by atoms with van der Waals surface area (Å²) in [5.41, 5.74) is 5.34. The Morgan fingerprint density at radius 3 is 2.25 bits per heavy atom. The fourth-order valence-corrected chi connectivity index (χ4v) is 2.13. The number of amides is 3. The maximum Gasteiger partial charge on any atom is 0.276 e. The van der Waals surface area contributed by atoms with Crippen molar-refractivity contribution in [1.82, 2.24) is 16.2 Å². The van der Waals surface area contributed by atoms with Gasteiger partial charge >= 0.3 is 0 Å². The van der Waals surface area contributed by atoms with Crippen LogP contribution >= 0.6 is 11.6 Å². The summed E-state index contributed by atoms with van der Waals surface area (Å²) in [6.07, 6.45) is -0.0178. The lowest BCUT2D eigenvalue weighted by Gasteiger charge is -2.09. The van der Waals surface area contributed by atoms with Crippen LogP contribution in [-0.2, 0) is 9.59 Å². The Labute approximate surface area is 166 Å². The summed E-state index contributed by atoms with van der Waals surface area (Å²) in [5, 5.41) is 11.8. The average molecular weight is 401 g/mol. The number of hydrazine groups is 1. The number of carbonyl (C=O) groups excluding carboxylic acids is 3. The van der Waals surface area contributed by atoms with Crippen molar-refractivity contribution in [2.45, 2.75) is 6.42 Å². The van der Waals surface area contributed by atoms with E-state index in [4.69, 9.17) is 21.6 Å². The predicted molar refractivity (Wildman–Crippen MR) is 101 cm³/mol. The lowest BCUT2D eigenvalue weighted by Crippen LogP contribution is -2.44. The zero-order valence-corrected chi connectivity index (χ0v) is 15.5. The van der Waals surface area contributed by atoms with E-state index < -0.39 is 11.8 Å². The van der Waals surface area contributed by atoms with Crippen LogP contribution in [0.4, 0.5) is 0 Å². The number of nitriles is 1. The highest BCUT2D eigenvalue weighted by atomic mass is 35.5. The van der Waals surface area contributed by atoms with E-state index in [0.717, 1.165) is 0 Å². The molecule has 2 aromatic rings. The molecule has 0 unspecified atom stereocenters. The summed E-state index contributed by atoms with van der Waals surface area (Å²) in [5.74, 6) is -0.930. The SMILES string of the molecule is N#Cc1ccc(OCC(=O)NNC(=O)CCNC(=O)c2ccc(Cl)cc2)cc1. The van der Waals surface area contributed by atoms with Crippen LogP contribution in [0.2, 0.25) is 5.02 Å². The minimum absolute atomic E-state index is 0.0178. The van der Waals surface area contributed by atoms with E-state index in [0.29, 0.717) is 21.9 Å². The van der Waals surface area contributed by atoms with Crippen LogP contribution in [0.1, 0.15) is 22.3 Å². The molecule has 0 radical (unpaired) electrons. The fourth-order valence-electron chi connectivity index (χ4n) is 2.01. The van der Waals surface area contributed by atoms with E-state index >= 15 is 0 Å². The highest BCUT2D eigenvalue weighted by molar-refractivity contribution is 6.30. The van der Waals surface area contributed by atoms with E-state index in [1.807, 2.05) is 6.07 Å². The van der Waals surface area contributed by atoms with Gasteiger partial charge in [-0.25, -0.2) is 0 Å². The summed E-state index contributed by atoms with van der Waals surface area (Å²) in [6.45, 7) is -0.204. The van der Waals surface area contributed by atoms with E-state index in [9.17, 15) is 14.4 Å². The van der Waals surface area contributed by atoms with Crippen molar-refractivity contribution in [1.29, 1.82) is 5.26 Å². The Hall–Kier alpha value is -3.57. The first kappa shape index (κ1) is 20.7. The second-order valence-electron chi connectivity index (χ2n) is 5.53. The Morgan fingerprint density at radius 1 is 0.964 bits per heavy atom. The molecule has 0 saturated heterocycles. The average Bonchev–Trinajstić information content (AvgIpc) is 2.71. The highest BCUT2D eigenvalue weighted by Gasteiger charge is 2.08. The standard InChI is InChI=1S/C19H17ClN4O4/c20-15-5-3-14(4-6-15)19(27)22-10-9-17(25)23-24-18(26)12-28-16-7-1-13(11-21)2-8-16/h1-8H,9-10,12H2,(H,22,27)(H,23,25)(H,24,26). The first-order valence-electron chi connectivity index (χ1n) is 8.22. The first-order chi connectivity index (χ1) is 13.5. The third kappa shape index (κ3) is 6.97. The summed E-state index contributed by atoms with van der Waals surface area (Å²) in [6, 6.07) is 14.6. The predicted octanol–water partition coefficient (Wildman–Crippen LogP) is 1.56. The van der Waals surface area contributed by atoms with Gasteiger partial charge in [0.15, 0.2) is 6.61 Å². The topological polar surface area (TPSA) is 120 Å². The van der Waals surface area contributed by atoms with Crippen molar-refractivity contribution in [3.8, 4) is 11.8 Å². The number of hydrogen-bond acceptors (Lipinski definition) is 5. The van der Waals surface area contributed by atoms with Gasteiger partial charge in [-0.15, -0.1) is 0 Å². The van der Waals surface area contributed by atoms with Gasteiger partial charge in [0.1, 0.15) is 5.75 Å². The van der Waals surface area contributed by atoms with E-state index in [1.165, 1.54) is 0 Å². The highest BCUT2D eigenvalue weighted by Crippen LogP contribution is 2.11. The summed E-state index contributed by atoms with van der Waals surface area (Å²) in [7, 11) is 0. The number of nitrogens with one attached hydrogen (secondary N) is 3. The molecule has 9 heteroatoms. The van der Waals surface area contributed by atoms with Crippen LogP contribution in [0.3, 0.4) is 0 Å². The fraction of sp³-hybridized carbons (Fsp3) is 0.158. The van der Waals surface area contributed by atoms with E-state index in [1.54, 1.807) is 48.5 Å². The molecule has 0 aliphatic rings. The summed E-state index contributed by atoms with van der Waals surface area (Å²) in [4.78, 5) is 35.2. The van der Waals surface area contributed by atoms with E-state index in [-0.39, 0.29) is 25.5 Å². The van der Waals surface area contributed by atoms with Crippen LogP contribution in [0.15, 0.2) is 48.5 Å². The Balaban J connectivity index is 1.62. The third-order valence-corrected chi connectivity index (χ3v) is 3.69. The van der Waals surface area contributed by atoms with Gasteiger partial charge in [0.25, 0.3) is 11.8 Å². The molecule has 0 fully saturated rings. The molecule has 3 N–H and O–H groups in total. The van der Waals surface area contributed by atoms with Gasteiger partial charge in [-0.05, 0) is 48.5 Å². The number of benzene rings is 2. The van der Waals surface area contributed by atoms with Gasteiger partial charge in [0, 0.05) is 23.6 Å². The van der Waals surface area contributed by atoms with Gasteiger partial charge in [-0.3, -0.25) is 25.2 Å². The van der Waals surface area contributed by atoms with Crippen LogP contribution in [-0.4, -0.2) is 30.9 Å². The Kier molecular flexibility index (Phi) is 7.81. The Morgan fingerprint density at radius 2 is 1.61 bits per heavy atom. The summed E-state index contributed by atoms with van der Waals surface area (Å²) < 4.78 is 5.23. The summed E-state index contributed by atoms with van der Waals surface area (Å²) >= 11 is 5.75. The van der Waals surface area contributed by atoms with Crippen molar-refractivity contribution in [2.24, 2.45) is 0 Å². The largest absolute Gasteiger partial charge is 0.484 e. The lowest BCUT2D eigenvalue weighted by molar-refractivity contribution is -0.129. The first-order valence-corrected chi connectivity index (χ1v) is 8.60. The van der Waals surface area contributed by atoms with Crippen molar-refractivity contribution in [2.75, 3.05) is 13.2 Å². The number of halogens is 1. The molecular weight excluding hydrogens is 384 g/mol. The minimum atomic E-state index is -0.553. The smallest absolute Gasteiger partial charge is 0.276 e. The zero-order valence-electron chi connectivity index (χ0n) is 14.7. The van der Waals surface area contributed by atoms with Crippen molar-refractivity contribution in [3.63, 3.8) is 0 Å². The lowest BCUT2D eigenvalue weighted by atomic mass is 10.2. The number of ether oxygens (including phenoxy) is 1. The second kappa shape index (κ2) is 10.5. The molecule has 0 aliphatic carbocycles. The molecule has 3 amide bonds. The molecule has 2 aromatic carbocycles. The molecule has 28 heavy (non-hydrogen) atoms. The zero-order chi connectivity index (χ0) is 20.4. The Bertz CT molecular complexity index is 876. The maximum atomic E-state index is 11.9. The number of carbonyl (C=O) groups is 3. The van der Waals surface area contributed by atoms with Crippen LogP contribution < -0.4 is 20.9 Å². The molecule has 0 aromatic heterocycles. The molecule has 2 rings (SSSR count). The van der Waals surface area contributed by atoms with Crippen LogP contribution in [0.5, 0.6) is 5.75 Å².